The lowest BCUT2D eigenvalue weighted by Crippen LogP contribution is -2.37. The number of nitrogens with zero attached hydrogens (tertiary/aromatic N) is 3. The smallest absolute Gasteiger partial charge is 0.319 e. The molecule has 2 amide bonds. The van der Waals surface area contributed by atoms with Gasteiger partial charge in [0.15, 0.2) is 0 Å². The average Bonchev–Trinajstić information content (AvgIpc) is 2.79. The predicted molar refractivity (Wildman–Crippen MR) is 89.9 cm³/mol. The molecule has 0 saturated heterocycles. The van der Waals surface area contributed by atoms with Gasteiger partial charge in [0.1, 0.15) is 11.6 Å². The number of hydrogen-bond acceptors (Lipinski definition) is 5. The summed E-state index contributed by atoms with van der Waals surface area (Å²) in [7, 11) is 3.83. The van der Waals surface area contributed by atoms with Crippen LogP contribution in [0.1, 0.15) is 23.9 Å². The Bertz CT molecular complexity index is 644. The van der Waals surface area contributed by atoms with Gasteiger partial charge < -0.3 is 20.1 Å². The maximum absolute atomic E-state index is 12.0. The second kappa shape index (κ2) is 7.13. The number of aromatic nitrogens is 2. The van der Waals surface area contributed by atoms with E-state index in [0.717, 1.165) is 22.8 Å². The third kappa shape index (κ3) is 4.45. The van der Waals surface area contributed by atoms with Crippen molar-refractivity contribution in [1.29, 1.82) is 0 Å². The maximum atomic E-state index is 12.0. The molecule has 2 aromatic rings. The number of aryl methyl sites for hydroxylation is 2. The van der Waals surface area contributed by atoms with Gasteiger partial charge in [-0.1, -0.05) is 5.16 Å². The van der Waals surface area contributed by atoms with Gasteiger partial charge in [-0.15, -0.1) is 0 Å². The first-order valence-electron chi connectivity index (χ1n) is 7.49. The summed E-state index contributed by atoms with van der Waals surface area (Å²) in [5, 5.41) is 9.60. The van der Waals surface area contributed by atoms with Crippen molar-refractivity contribution in [2.45, 2.75) is 33.2 Å². The first-order chi connectivity index (χ1) is 10.9. The van der Waals surface area contributed by atoms with Crippen molar-refractivity contribution in [2.24, 2.45) is 0 Å². The highest BCUT2D eigenvalue weighted by Crippen LogP contribution is 2.15. The van der Waals surface area contributed by atoms with Crippen LogP contribution in [0.15, 0.2) is 22.9 Å². The average molecular weight is 317 g/mol. The number of hydrogen-bond donors (Lipinski definition) is 2. The van der Waals surface area contributed by atoms with Gasteiger partial charge in [0.25, 0.3) is 0 Å². The zero-order chi connectivity index (χ0) is 17.0. The Morgan fingerprint density at radius 2 is 2.09 bits per heavy atom. The number of anilines is 2. The molecule has 0 fully saturated rings. The Kier molecular flexibility index (Phi) is 5.20. The van der Waals surface area contributed by atoms with Crippen LogP contribution in [0.25, 0.3) is 0 Å². The van der Waals surface area contributed by atoms with Crippen LogP contribution in [0.2, 0.25) is 0 Å². The summed E-state index contributed by atoms with van der Waals surface area (Å²) in [6.07, 6.45) is 2.31. The van der Waals surface area contributed by atoms with Gasteiger partial charge in [0.2, 0.25) is 0 Å². The minimum atomic E-state index is -0.260. The molecule has 124 valence electrons. The molecule has 1 atom stereocenters. The summed E-state index contributed by atoms with van der Waals surface area (Å²) < 4.78 is 5.14. The van der Waals surface area contributed by atoms with E-state index in [1.165, 1.54) is 0 Å². The van der Waals surface area contributed by atoms with Crippen LogP contribution in [0, 0.1) is 13.8 Å². The van der Waals surface area contributed by atoms with Crippen LogP contribution in [0.5, 0.6) is 0 Å². The molecule has 7 heteroatoms. The highest BCUT2D eigenvalue weighted by molar-refractivity contribution is 5.89. The van der Waals surface area contributed by atoms with E-state index >= 15 is 0 Å². The van der Waals surface area contributed by atoms with E-state index in [4.69, 9.17) is 4.52 Å². The van der Waals surface area contributed by atoms with E-state index in [9.17, 15) is 4.79 Å². The second-order valence-corrected chi connectivity index (χ2v) is 5.81. The van der Waals surface area contributed by atoms with E-state index in [1.807, 2.05) is 51.9 Å². The summed E-state index contributed by atoms with van der Waals surface area (Å²) in [4.78, 5) is 18.2. The van der Waals surface area contributed by atoms with Crippen LogP contribution in [0.4, 0.5) is 16.3 Å². The van der Waals surface area contributed by atoms with Gasteiger partial charge in [0.05, 0.1) is 17.6 Å². The fourth-order valence-electron chi connectivity index (χ4n) is 2.27. The van der Waals surface area contributed by atoms with Crippen molar-refractivity contribution in [3.8, 4) is 0 Å². The number of carbonyl (C=O) groups excluding carboxylic acids is 1. The monoisotopic (exact) mass is 317 g/mol. The molecular formula is C16H23N5O2. The molecule has 0 unspecified atom stereocenters. The van der Waals surface area contributed by atoms with Gasteiger partial charge in [-0.25, -0.2) is 9.78 Å². The van der Waals surface area contributed by atoms with Gasteiger partial charge in [-0.2, -0.15) is 0 Å². The Balaban J connectivity index is 1.89. The first kappa shape index (κ1) is 16.8. The summed E-state index contributed by atoms with van der Waals surface area (Å²) in [6, 6.07) is 3.37. The third-order valence-corrected chi connectivity index (χ3v) is 3.53. The van der Waals surface area contributed by atoms with Crippen molar-refractivity contribution in [1.82, 2.24) is 15.5 Å². The molecule has 23 heavy (non-hydrogen) atoms. The fraction of sp³-hybridized carbons (Fsp3) is 0.438. The highest BCUT2D eigenvalue weighted by Gasteiger charge is 2.14. The molecule has 2 heterocycles. The summed E-state index contributed by atoms with van der Waals surface area (Å²) >= 11 is 0. The number of rotatable bonds is 5. The number of amides is 2. The number of carbonyl (C=O) groups is 1. The van der Waals surface area contributed by atoms with Crippen molar-refractivity contribution in [3.63, 3.8) is 0 Å². The molecule has 0 aliphatic heterocycles. The molecular weight excluding hydrogens is 294 g/mol. The Labute approximate surface area is 136 Å². The van der Waals surface area contributed by atoms with E-state index in [-0.39, 0.29) is 12.1 Å². The molecule has 0 aliphatic rings. The molecule has 2 rings (SSSR count). The lowest BCUT2D eigenvalue weighted by atomic mass is 10.1. The topological polar surface area (TPSA) is 83.3 Å². The lowest BCUT2D eigenvalue weighted by Gasteiger charge is -2.15. The molecule has 2 N–H and O–H groups in total. The van der Waals surface area contributed by atoms with Crippen molar-refractivity contribution < 1.29 is 9.32 Å². The SMILES string of the molecule is Cc1noc(C)c1C[C@@H](C)NC(=O)Nc1ccc(N(C)C)nc1. The summed E-state index contributed by atoms with van der Waals surface area (Å²) in [5.41, 5.74) is 2.55. The Hall–Kier alpha value is -2.57. The van der Waals surface area contributed by atoms with E-state index in [1.54, 1.807) is 6.20 Å². The fourth-order valence-corrected chi connectivity index (χ4v) is 2.27. The van der Waals surface area contributed by atoms with Gasteiger partial charge in [0, 0.05) is 25.7 Å². The quantitative estimate of drug-likeness (QED) is 0.885. The number of nitrogens with one attached hydrogen (secondary N) is 2. The summed E-state index contributed by atoms with van der Waals surface area (Å²) in [5.74, 6) is 1.63. The van der Waals surface area contributed by atoms with E-state index in [2.05, 4.69) is 20.8 Å². The maximum Gasteiger partial charge on any atom is 0.319 e. The second-order valence-electron chi connectivity index (χ2n) is 5.81. The van der Waals surface area contributed by atoms with Gasteiger partial charge in [-0.3, -0.25) is 0 Å². The van der Waals surface area contributed by atoms with Crippen LogP contribution < -0.4 is 15.5 Å². The molecule has 7 nitrogen and oxygen atoms in total. The molecule has 0 saturated carbocycles. The zero-order valence-electron chi connectivity index (χ0n) is 14.2. The van der Waals surface area contributed by atoms with E-state index < -0.39 is 0 Å². The van der Waals surface area contributed by atoms with Crippen LogP contribution in [-0.2, 0) is 6.42 Å². The van der Waals surface area contributed by atoms with Crippen molar-refractivity contribution >= 4 is 17.5 Å². The van der Waals surface area contributed by atoms with Gasteiger partial charge in [-0.05, 0) is 39.3 Å². The van der Waals surface area contributed by atoms with Crippen molar-refractivity contribution in [3.05, 3.63) is 35.3 Å². The van der Waals surface area contributed by atoms with Gasteiger partial charge >= 0.3 is 6.03 Å². The first-order valence-corrected chi connectivity index (χ1v) is 7.49. The van der Waals surface area contributed by atoms with E-state index in [0.29, 0.717) is 12.1 Å². The Morgan fingerprint density at radius 1 is 1.35 bits per heavy atom. The number of urea groups is 1. The third-order valence-electron chi connectivity index (χ3n) is 3.53. The molecule has 0 radical (unpaired) electrons. The molecule has 0 aromatic carbocycles. The Morgan fingerprint density at radius 3 is 2.61 bits per heavy atom. The minimum Gasteiger partial charge on any atom is -0.363 e. The minimum absolute atomic E-state index is 0.0409. The molecule has 0 spiro atoms. The lowest BCUT2D eigenvalue weighted by molar-refractivity contribution is 0.249. The zero-order valence-corrected chi connectivity index (χ0v) is 14.2. The molecule has 0 aliphatic carbocycles. The van der Waals surface area contributed by atoms with Crippen molar-refractivity contribution in [2.75, 3.05) is 24.3 Å². The van der Waals surface area contributed by atoms with Crippen LogP contribution >= 0.6 is 0 Å². The normalized spacial score (nSPS) is 11.9. The van der Waals surface area contributed by atoms with Crippen LogP contribution in [0.3, 0.4) is 0 Å². The standard InChI is InChI=1S/C16H23N5O2/c1-10(8-14-11(2)20-23-12(14)3)18-16(22)19-13-6-7-15(17-9-13)21(4)5/h6-7,9-10H,8H2,1-5H3,(H2,18,19,22)/t10-/m1/s1. The van der Waals surface area contributed by atoms with Crippen LogP contribution in [-0.4, -0.2) is 36.3 Å². The number of pyridine rings is 1. The highest BCUT2D eigenvalue weighted by atomic mass is 16.5. The molecule has 2 aromatic heterocycles. The predicted octanol–water partition coefficient (Wildman–Crippen LogP) is 2.51. The summed E-state index contributed by atoms with van der Waals surface area (Å²) in [6.45, 7) is 5.72. The largest absolute Gasteiger partial charge is 0.363 e. The molecule has 0 bridgehead atoms.